The van der Waals surface area contributed by atoms with E-state index in [1.165, 1.54) is 29.2 Å². The predicted molar refractivity (Wildman–Crippen MR) is 138 cm³/mol. The van der Waals surface area contributed by atoms with Crippen LogP contribution in [-0.4, -0.2) is 55.4 Å². The Balaban J connectivity index is 1.74. The van der Waals surface area contributed by atoms with Crippen molar-refractivity contribution in [3.05, 3.63) is 77.3 Å². The van der Waals surface area contributed by atoms with Gasteiger partial charge in [0.1, 0.15) is 27.8 Å². The first-order valence-corrected chi connectivity index (χ1v) is 14.4. The van der Waals surface area contributed by atoms with Crippen LogP contribution in [0.4, 0.5) is 8.78 Å². The molecule has 4 aromatic rings. The van der Waals surface area contributed by atoms with E-state index in [2.05, 4.69) is 25.3 Å². The molecule has 3 heterocycles. The van der Waals surface area contributed by atoms with Crippen LogP contribution in [0.25, 0.3) is 17.2 Å². The van der Waals surface area contributed by atoms with E-state index in [0.717, 1.165) is 18.2 Å². The summed E-state index contributed by atoms with van der Waals surface area (Å²) in [6, 6.07) is 7.20. The Morgan fingerprint density at radius 2 is 1.76 bits per heavy atom. The Morgan fingerprint density at radius 1 is 1.03 bits per heavy atom. The zero-order valence-electron chi connectivity index (χ0n) is 21.7. The van der Waals surface area contributed by atoms with Crippen molar-refractivity contribution >= 4 is 9.84 Å². The van der Waals surface area contributed by atoms with Gasteiger partial charge in [-0.15, -0.1) is 10.2 Å². The zero-order valence-corrected chi connectivity index (χ0v) is 22.5. The Labute approximate surface area is 220 Å². The van der Waals surface area contributed by atoms with Gasteiger partial charge in [0.2, 0.25) is 0 Å². The maximum atomic E-state index is 14.5. The van der Waals surface area contributed by atoms with Crippen LogP contribution in [0, 0.1) is 11.6 Å². The summed E-state index contributed by atoms with van der Waals surface area (Å²) in [4.78, 5) is 13.2. The van der Waals surface area contributed by atoms with Crippen molar-refractivity contribution in [2.24, 2.45) is 0 Å². The Hall–Kier alpha value is -3.67. The third-order valence-corrected chi connectivity index (χ3v) is 7.44. The van der Waals surface area contributed by atoms with Gasteiger partial charge in [-0.05, 0) is 49.6 Å². The first kappa shape index (κ1) is 27.4. The summed E-state index contributed by atoms with van der Waals surface area (Å²) in [6.45, 7) is 6.01. The molecule has 0 aliphatic rings. The Kier molecular flexibility index (Phi) is 7.91. The summed E-state index contributed by atoms with van der Waals surface area (Å²) in [5, 5.41) is 13.1. The Bertz CT molecular complexity index is 1540. The average Bonchev–Trinajstić information content (AvgIpc) is 3.36. The molecule has 0 amide bonds. The topological polar surface area (TPSA) is 116 Å². The summed E-state index contributed by atoms with van der Waals surface area (Å²) >= 11 is 0. The zero-order chi connectivity index (χ0) is 27.5. The number of nitrogens with zero attached hydrogens (tertiary/aromatic N) is 7. The molecule has 0 saturated heterocycles. The van der Waals surface area contributed by atoms with E-state index >= 15 is 0 Å². The third kappa shape index (κ3) is 5.74. The third-order valence-electron chi connectivity index (χ3n) is 6.49. The fourth-order valence-corrected chi connectivity index (χ4v) is 4.79. The number of halogens is 2. The highest BCUT2D eigenvalue weighted by molar-refractivity contribution is 7.90. The number of aromatic nitrogens is 7. The van der Waals surface area contributed by atoms with E-state index in [1.807, 2.05) is 20.8 Å². The molecular weight excluding hydrogens is 512 g/mol. The van der Waals surface area contributed by atoms with Gasteiger partial charge in [-0.2, -0.15) is 9.78 Å². The number of aryl methyl sites for hydroxylation is 2. The van der Waals surface area contributed by atoms with Crippen LogP contribution in [0.5, 0.6) is 0 Å². The maximum Gasteiger partial charge on any atom is 0.252 e. The molecule has 0 spiro atoms. The number of hydrogen-bond donors (Lipinski definition) is 0. The molecule has 9 nitrogen and oxygen atoms in total. The largest absolute Gasteiger partial charge is 0.252 e. The van der Waals surface area contributed by atoms with E-state index in [1.54, 1.807) is 18.3 Å². The van der Waals surface area contributed by atoms with Gasteiger partial charge in [-0.1, -0.05) is 26.3 Å². The molecule has 1 aromatic carbocycles. The summed E-state index contributed by atoms with van der Waals surface area (Å²) in [7, 11) is -3.15. The predicted octanol–water partition coefficient (Wildman–Crippen LogP) is 4.05. The summed E-state index contributed by atoms with van der Waals surface area (Å²) in [6.07, 6.45) is 6.44. The van der Waals surface area contributed by atoms with Crippen LogP contribution in [0.2, 0.25) is 0 Å². The fourth-order valence-electron chi connectivity index (χ4n) is 4.24. The molecule has 0 fully saturated rings. The molecule has 0 aliphatic carbocycles. The number of sulfone groups is 1. The van der Waals surface area contributed by atoms with Gasteiger partial charge in [0.15, 0.2) is 5.82 Å². The molecule has 0 aliphatic heterocycles. The fraction of sp³-hybridized carbons (Fsp3) is 0.385. The highest BCUT2D eigenvalue weighted by Gasteiger charge is 2.34. The minimum Gasteiger partial charge on any atom is -0.229 e. The lowest BCUT2D eigenvalue weighted by Gasteiger charge is -2.29. The maximum absolute atomic E-state index is 14.5. The molecule has 0 saturated carbocycles. The smallest absolute Gasteiger partial charge is 0.229 e. The molecule has 200 valence electrons. The minimum atomic E-state index is -3.15. The van der Waals surface area contributed by atoms with Crippen molar-refractivity contribution in [1.82, 2.24) is 34.9 Å². The summed E-state index contributed by atoms with van der Waals surface area (Å²) in [5.74, 6) is -0.809. The molecule has 4 rings (SSSR count). The number of benzene rings is 1. The van der Waals surface area contributed by atoms with Crippen molar-refractivity contribution < 1.29 is 17.2 Å². The standard InChI is InChI=1S/C26H29F2N7O2S/c1-5-8-17-15-20(23-18(27)9-7-10-19(23)28)32-33-24(17)26(3,6-2)21-11-13-29-25(31-21)35-16-30-22(34-35)12-14-38(4,36)37/h7,9-11,13,15-16H,5-6,8,12,14H2,1-4H3/t26-/m0/s1. The highest BCUT2D eigenvalue weighted by Crippen LogP contribution is 2.36. The van der Waals surface area contributed by atoms with Gasteiger partial charge in [0.25, 0.3) is 5.95 Å². The van der Waals surface area contributed by atoms with E-state index in [9.17, 15) is 17.2 Å². The van der Waals surface area contributed by atoms with Crippen molar-refractivity contribution in [2.45, 2.75) is 51.9 Å². The lowest BCUT2D eigenvalue weighted by molar-refractivity contribution is 0.498. The van der Waals surface area contributed by atoms with Crippen LogP contribution >= 0.6 is 0 Å². The van der Waals surface area contributed by atoms with E-state index in [4.69, 9.17) is 4.98 Å². The van der Waals surface area contributed by atoms with Gasteiger partial charge in [-0.3, -0.25) is 0 Å². The summed E-state index contributed by atoms with van der Waals surface area (Å²) in [5.41, 5.74) is 1.40. The molecule has 0 N–H and O–H groups in total. The second-order valence-electron chi connectivity index (χ2n) is 9.36. The van der Waals surface area contributed by atoms with Crippen molar-refractivity contribution in [3.63, 3.8) is 0 Å². The van der Waals surface area contributed by atoms with E-state index in [-0.39, 0.29) is 29.4 Å². The molecule has 0 unspecified atom stereocenters. The average molecular weight is 542 g/mol. The van der Waals surface area contributed by atoms with Gasteiger partial charge >= 0.3 is 0 Å². The van der Waals surface area contributed by atoms with Gasteiger partial charge < -0.3 is 0 Å². The summed E-state index contributed by atoms with van der Waals surface area (Å²) < 4.78 is 53.3. The molecule has 1 atom stereocenters. The van der Waals surface area contributed by atoms with Crippen LogP contribution in [0.1, 0.15) is 56.4 Å². The van der Waals surface area contributed by atoms with E-state index < -0.39 is 26.9 Å². The first-order valence-electron chi connectivity index (χ1n) is 12.3. The quantitative estimate of drug-likeness (QED) is 0.295. The minimum absolute atomic E-state index is 0.0581. The molecule has 0 bridgehead atoms. The van der Waals surface area contributed by atoms with Crippen LogP contribution in [0.15, 0.2) is 42.9 Å². The second kappa shape index (κ2) is 11.0. The number of rotatable bonds is 10. The first-order chi connectivity index (χ1) is 18.1. The van der Waals surface area contributed by atoms with E-state index in [0.29, 0.717) is 30.1 Å². The van der Waals surface area contributed by atoms with Gasteiger partial charge in [0.05, 0.1) is 33.8 Å². The molecule has 0 radical (unpaired) electrons. The van der Waals surface area contributed by atoms with Gasteiger partial charge in [-0.25, -0.2) is 32.2 Å². The van der Waals surface area contributed by atoms with Crippen molar-refractivity contribution in [3.8, 4) is 17.2 Å². The van der Waals surface area contributed by atoms with Gasteiger partial charge in [0, 0.05) is 18.9 Å². The monoisotopic (exact) mass is 541 g/mol. The highest BCUT2D eigenvalue weighted by atomic mass is 32.2. The van der Waals surface area contributed by atoms with Crippen LogP contribution < -0.4 is 0 Å². The normalized spacial score (nSPS) is 13.4. The molecule has 12 heteroatoms. The SMILES string of the molecule is CCCc1cc(-c2c(F)cccc2F)nnc1[C@@](C)(CC)c1ccnc(-n2cnc(CCS(C)(=O)=O)n2)n1. The lowest BCUT2D eigenvalue weighted by atomic mass is 9.77. The Morgan fingerprint density at radius 3 is 2.42 bits per heavy atom. The van der Waals surface area contributed by atoms with Crippen LogP contribution in [0.3, 0.4) is 0 Å². The van der Waals surface area contributed by atoms with Crippen molar-refractivity contribution in [1.29, 1.82) is 0 Å². The van der Waals surface area contributed by atoms with Crippen molar-refractivity contribution in [2.75, 3.05) is 12.0 Å². The molecule has 38 heavy (non-hydrogen) atoms. The second-order valence-corrected chi connectivity index (χ2v) is 11.6. The molecular formula is C26H29F2N7O2S. The number of hydrogen-bond acceptors (Lipinski definition) is 8. The lowest BCUT2D eigenvalue weighted by Crippen LogP contribution is -2.28. The van der Waals surface area contributed by atoms with Crippen LogP contribution in [-0.2, 0) is 28.1 Å². The molecule has 3 aromatic heterocycles.